The third-order valence-corrected chi connectivity index (χ3v) is 16.6. The molecule has 0 bridgehead atoms. The number of hydrogen-bond acceptors (Lipinski definition) is 6. The van der Waals surface area contributed by atoms with E-state index in [0.717, 1.165) is 64.2 Å². The van der Waals surface area contributed by atoms with Crippen LogP contribution in [0.5, 0.6) is 0 Å². The van der Waals surface area contributed by atoms with Gasteiger partial charge >= 0.3 is 17.9 Å². The van der Waals surface area contributed by atoms with E-state index in [2.05, 4.69) is 57.2 Å². The molecule has 0 spiro atoms. The molecule has 0 aliphatic carbocycles. The second-order valence-corrected chi connectivity index (χ2v) is 24.8. The number of carbonyl (C=O) groups is 3. The lowest BCUT2D eigenvalue weighted by Gasteiger charge is -2.18. The lowest BCUT2D eigenvalue weighted by molar-refractivity contribution is -0.167. The molecule has 0 saturated carbocycles. The molecule has 476 valence electrons. The highest BCUT2D eigenvalue weighted by atomic mass is 16.6. The van der Waals surface area contributed by atoms with E-state index < -0.39 is 6.10 Å². The molecule has 0 radical (unpaired) electrons. The Morgan fingerprint density at radius 1 is 0.235 bits per heavy atom. The first-order chi connectivity index (χ1) is 40.0. The van der Waals surface area contributed by atoms with E-state index in [1.165, 1.54) is 302 Å². The van der Waals surface area contributed by atoms with Crippen LogP contribution in [-0.4, -0.2) is 37.2 Å². The molecule has 0 heterocycles. The fraction of sp³-hybridized carbons (Fsp3) is 0.880. The molecule has 0 rings (SSSR count). The Bertz CT molecular complexity index is 1350. The summed E-state index contributed by atoms with van der Waals surface area (Å²) in [6, 6.07) is 0. The lowest BCUT2D eigenvalue weighted by Crippen LogP contribution is -2.30. The Kier molecular flexibility index (Phi) is 68.1. The molecule has 0 aromatic carbocycles. The normalized spacial score (nSPS) is 12.2. The molecule has 1 atom stereocenters. The maximum absolute atomic E-state index is 12.9. The van der Waals surface area contributed by atoms with Gasteiger partial charge in [-0.2, -0.15) is 0 Å². The van der Waals surface area contributed by atoms with Crippen LogP contribution in [0.4, 0.5) is 0 Å². The Balaban J connectivity index is 4.03. The quantitative estimate of drug-likeness (QED) is 0.0261. The second kappa shape index (κ2) is 70.1. The molecule has 0 fully saturated rings. The number of carbonyl (C=O) groups excluding carboxylic acids is 3. The Hall–Kier alpha value is -2.37. The number of ether oxygens (including phenoxy) is 3. The summed E-state index contributed by atoms with van der Waals surface area (Å²) in [5.74, 6) is -0.862. The van der Waals surface area contributed by atoms with Crippen molar-refractivity contribution in [2.75, 3.05) is 13.2 Å². The lowest BCUT2D eigenvalue weighted by atomic mass is 10.0. The molecule has 0 aromatic heterocycles. The van der Waals surface area contributed by atoms with Crippen molar-refractivity contribution in [1.82, 2.24) is 0 Å². The number of esters is 3. The zero-order chi connectivity index (χ0) is 58.5. The van der Waals surface area contributed by atoms with E-state index in [4.69, 9.17) is 14.2 Å². The van der Waals surface area contributed by atoms with Crippen molar-refractivity contribution < 1.29 is 28.6 Å². The minimum atomic E-state index is -0.776. The molecule has 0 N–H and O–H groups in total. The first kappa shape index (κ1) is 78.6. The predicted octanol–water partition coefficient (Wildman–Crippen LogP) is 25.1. The predicted molar refractivity (Wildman–Crippen MR) is 353 cm³/mol. The van der Waals surface area contributed by atoms with E-state index in [9.17, 15) is 14.4 Å². The van der Waals surface area contributed by atoms with E-state index in [0.29, 0.717) is 19.3 Å². The standard InChI is InChI=1S/C75H140O6/c1-4-7-10-13-16-19-22-24-26-28-29-30-31-32-33-34-35-36-37-38-39-40-41-42-43-44-45-47-48-50-53-56-59-62-65-68-74(77)80-71-72(70-79-73(76)67-64-61-58-55-52-21-18-15-12-9-6-3)81-75(78)69-66-63-60-57-54-51-49-46-27-25-23-20-17-14-11-8-5-2/h15,18,25,27-29,72H,4-14,16-17,19-24,26,30-71H2,1-3H3/b18-15-,27-25-,29-28-. The van der Waals surface area contributed by atoms with Gasteiger partial charge in [0.05, 0.1) is 0 Å². The van der Waals surface area contributed by atoms with Gasteiger partial charge in [-0.05, 0) is 89.9 Å². The summed E-state index contributed by atoms with van der Waals surface area (Å²) in [6.07, 6.45) is 87.8. The van der Waals surface area contributed by atoms with E-state index in [1.54, 1.807) is 0 Å². The van der Waals surface area contributed by atoms with Crippen molar-refractivity contribution >= 4 is 17.9 Å². The van der Waals surface area contributed by atoms with Gasteiger partial charge in [0.2, 0.25) is 0 Å². The van der Waals surface area contributed by atoms with Crippen LogP contribution in [0, 0.1) is 0 Å². The smallest absolute Gasteiger partial charge is 0.306 e. The fourth-order valence-corrected chi connectivity index (χ4v) is 11.1. The van der Waals surface area contributed by atoms with Crippen molar-refractivity contribution in [1.29, 1.82) is 0 Å². The summed E-state index contributed by atoms with van der Waals surface area (Å²) in [7, 11) is 0. The third kappa shape index (κ3) is 68.3. The van der Waals surface area contributed by atoms with Crippen LogP contribution in [0.2, 0.25) is 0 Å². The minimum Gasteiger partial charge on any atom is -0.462 e. The molecule has 6 nitrogen and oxygen atoms in total. The van der Waals surface area contributed by atoms with Crippen LogP contribution in [0.3, 0.4) is 0 Å². The highest BCUT2D eigenvalue weighted by Crippen LogP contribution is 2.19. The molecule has 81 heavy (non-hydrogen) atoms. The van der Waals surface area contributed by atoms with E-state index in [-0.39, 0.29) is 31.1 Å². The van der Waals surface area contributed by atoms with Gasteiger partial charge in [-0.15, -0.1) is 0 Å². The van der Waals surface area contributed by atoms with Crippen molar-refractivity contribution in [3.05, 3.63) is 36.5 Å². The summed E-state index contributed by atoms with van der Waals surface area (Å²) >= 11 is 0. The number of unbranched alkanes of at least 4 members (excludes halogenated alkanes) is 51. The molecule has 0 aromatic rings. The largest absolute Gasteiger partial charge is 0.462 e. The van der Waals surface area contributed by atoms with Crippen LogP contribution in [0.1, 0.15) is 406 Å². The Morgan fingerprint density at radius 3 is 0.654 bits per heavy atom. The summed E-state index contributed by atoms with van der Waals surface area (Å²) < 4.78 is 16.9. The Labute approximate surface area is 506 Å². The van der Waals surface area contributed by atoms with Crippen LogP contribution in [0.15, 0.2) is 36.5 Å². The monoisotopic (exact) mass is 1140 g/mol. The third-order valence-electron chi connectivity index (χ3n) is 16.6. The van der Waals surface area contributed by atoms with Gasteiger partial charge in [0.25, 0.3) is 0 Å². The Morgan fingerprint density at radius 2 is 0.420 bits per heavy atom. The molecular weight excluding hydrogens is 997 g/mol. The van der Waals surface area contributed by atoms with Gasteiger partial charge in [0.15, 0.2) is 6.10 Å². The maximum atomic E-state index is 12.9. The molecule has 0 amide bonds. The van der Waals surface area contributed by atoms with Crippen molar-refractivity contribution in [3.8, 4) is 0 Å². The van der Waals surface area contributed by atoms with Crippen molar-refractivity contribution in [2.24, 2.45) is 0 Å². The van der Waals surface area contributed by atoms with Crippen LogP contribution in [-0.2, 0) is 28.6 Å². The topological polar surface area (TPSA) is 78.9 Å². The first-order valence-electron chi connectivity index (χ1n) is 36.5. The van der Waals surface area contributed by atoms with Crippen molar-refractivity contribution in [3.63, 3.8) is 0 Å². The van der Waals surface area contributed by atoms with Crippen LogP contribution in [0.25, 0.3) is 0 Å². The number of rotatable bonds is 68. The summed E-state index contributed by atoms with van der Waals surface area (Å²) in [5, 5.41) is 0. The summed E-state index contributed by atoms with van der Waals surface area (Å²) in [4.78, 5) is 38.3. The van der Waals surface area contributed by atoms with Crippen molar-refractivity contribution in [2.45, 2.75) is 412 Å². The summed E-state index contributed by atoms with van der Waals surface area (Å²) in [5.41, 5.74) is 0. The van der Waals surface area contributed by atoms with Crippen LogP contribution >= 0.6 is 0 Å². The summed E-state index contributed by atoms with van der Waals surface area (Å²) in [6.45, 7) is 6.65. The van der Waals surface area contributed by atoms with Gasteiger partial charge in [-0.25, -0.2) is 0 Å². The van der Waals surface area contributed by atoms with Gasteiger partial charge < -0.3 is 14.2 Å². The maximum Gasteiger partial charge on any atom is 0.306 e. The zero-order valence-corrected chi connectivity index (χ0v) is 54.8. The molecule has 1 unspecified atom stereocenters. The molecular formula is C75H140O6. The molecule has 0 aliphatic heterocycles. The zero-order valence-electron chi connectivity index (χ0n) is 54.8. The number of allylic oxidation sites excluding steroid dienone is 6. The van der Waals surface area contributed by atoms with E-state index in [1.807, 2.05) is 0 Å². The minimum absolute atomic E-state index is 0.0719. The van der Waals surface area contributed by atoms with Gasteiger partial charge in [-0.1, -0.05) is 333 Å². The first-order valence-corrected chi connectivity index (χ1v) is 36.5. The van der Waals surface area contributed by atoms with Gasteiger partial charge in [0.1, 0.15) is 13.2 Å². The average Bonchev–Trinajstić information content (AvgIpc) is 3.47. The van der Waals surface area contributed by atoms with Gasteiger partial charge in [-0.3, -0.25) is 14.4 Å². The molecule has 0 aliphatic rings. The fourth-order valence-electron chi connectivity index (χ4n) is 11.1. The van der Waals surface area contributed by atoms with E-state index >= 15 is 0 Å². The second-order valence-electron chi connectivity index (χ2n) is 24.8. The van der Waals surface area contributed by atoms with Gasteiger partial charge in [0, 0.05) is 19.3 Å². The van der Waals surface area contributed by atoms with Crippen LogP contribution < -0.4 is 0 Å². The number of hydrogen-bond donors (Lipinski definition) is 0. The average molecular weight is 1140 g/mol. The molecule has 0 saturated heterocycles. The highest BCUT2D eigenvalue weighted by molar-refractivity contribution is 5.71. The SMILES string of the molecule is CCCC/C=C\CCCCCCCC(=O)OCC(COC(=O)CCCCCCCCCCCCCCCCCCCCCCCCC/C=C\CCCCCCCCCC)OC(=O)CCCCCCCCC/C=C\CCCCCCCC. The molecule has 6 heteroatoms. The highest BCUT2D eigenvalue weighted by Gasteiger charge is 2.19.